The molecule has 0 radical (unpaired) electrons. The molecule has 0 aliphatic carbocycles. The van der Waals surface area contributed by atoms with Gasteiger partial charge in [-0.2, -0.15) is 0 Å². The van der Waals surface area contributed by atoms with Gasteiger partial charge in [-0.1, -0.05) is 15.9 Å². The number of ether oxygens (including phenoxy) is 2. The summed E-state index contributed by atoms with van der Waals surface area (Å²) in [5.74, 6) is 0.434. The van der Waals surface area contributed by atoms with Crippen LogP contribution in [0.4, 0.5) is 11.4 Å². The average Bonchev–Trinajstić information content (AvgIpc) is 3.24. The van der Waals surface area contributed by atoms with Gasteiger partial charge in [-0.25, -0.2) is 0 Å². The first kappa shape index (κ1) is 19.5. The topological polar surface area (TPSA) is 89.8 Å². The minimum atomic E-state index is -0.434. The fraction of sp³-hybridized carbons (Fsp3) is 0.100. The van der Waals surface area contributed by atoms with Crippen LogP contribution in [0, 0.1) is 0 Å². The maximum absolute atomic E-state index is 12.3. The number of amides is 2. The molecule has 3 rings (SSSR count). The molecule has 0 spiro atoms. The Morgan fingerprint density at radius 2 is 1.75 bits per heavy atom. The number of halogens is 1. The lowest BCUT2D eigenvalue weighted by Crippen LogP contribution is -2.21. The van der Waals surface area contributed by atoms with Crippen LogP contribution in [0.2, 0.25) is 0 Å². The highest BCUT2D eigenvalue weighted by Crippen LogP contribution is 2.27. The van der Waals surface area contributed by atoms with Crippen molar-refractivity contribution < 1.29 is 23.5 Å². The summed E-state index contributed by atoms with van der Waals surface area (Å²) in [7, 11) is 1.51. The third-order valence-electron chi connectivity index (χ3n) is 3.68. The van der Waals surface area contributed by atoms with E-state index in [1.807, 2.05) is 12.1 Å². The van der Waals surface area contributed by atoms with Crippen molar-refractivity contribution in [3.63, 3.8) is 0 Å². The molecular weight excluding hydrogens is 428 g/mol. The molecule has 1 heterocycles. The van der Waals surface area contributed by atoms with Gasteiger partial charge in [0.05, 0.1) is 24.7 Å². The fourth-order valence-electron chi connectivity index (χ4n) is 2.32. The van der Waals surface area contributed by atoms with Gasteiger partial charge in [0.2, 0.25) is 0 Å². The molecule has 0 bridgehead atoms. The molecule has 28 heavy (non-hydrogen) atoms. The van der Waals surface area contributed by atoms with Crippen molar-refractivity contribution in [3.8, 4) is 11.5 Å². The molecule has 3 aromatic rings. The van der Waals surface area contributed by atoms with Crippen LogP contribution in [0.3, 0.4) is 0 Å². The normalized spacial score (nSPS) is 10.2. The first-order chi connectivity index (χ1) is 13.5. The van der Waals surface area contributed by atoms with Crippen LogP contribution in [-0.2, 0) is 4.79 Å². The van der Waals surface area contributed by atoms with Crippen LogP contribution in [0.15, 0.2) is 69.8 Å². The number of carbonyl (C=O) groups is 2. The lowest BCUT2D eigenvalue weighted by molar-refractivity contribution is -0.118. The Bertz CT molecular complexity index is 955. The van der Waals surface area contributed by atoms with Crippen molar-refractivity contribution in [3.05, 3.63) is 71.1 Å². The Kier molecular flexibility index (Phi) is 6.33. The van der Waals surface area contributed by atoms with E-state index in [0.717, 1.165) is 4.47 Å². The molecule has 8 heteroatoms. The van der Waals surface area contributed by atoms with Crippen molar-refractivity contribution in [1.29, 1.82) is 0 Å². The summed E-state index contributed by atoms with van der Waals surface area (Å²) in [4.78, 5) is 24.5. The van der Waals surface area contributed by atoms with Crippen molar-refractivity contribution in [2.45, 2.75) is 0 Å². The molecule has 0 aliphatic rings. The quantitative estimate of drug-likeness (QED) is 0.566. The maximum atomic E-state index is 12.3. The zero-order valence-electron chi connectivity index (χ0n) is 14.9. The largest absolute Gasteiger partial charge is 0.497 e. The minimum absolute atomic E-state index is 0.159. The number of benzene rings is 2. The molecule has 7 nitrogen and oxygen atoms in total. The van der Waals surface area contributed by atoms with Crippen LogP contribution >= 0.6 is 15.9 Å². The van der Waals surface area contributed by atoms with Crippen LogP contribution in [0.25, 0.3) is 0 Å². The van der Waals surface area contributed by atoms with Crippen molar-refractivity contribution in [2.24, 2.45) is 0 Å². The second-order valence-electron chi connectivity index (χ2n) is 5.63. The van der Waals surface area contributed by atoms with Crippen LogP contribution < -0.4 is 20.1 Å². The number of carbonyl (C=O) groups excluding carboxylic acids is 2. The van der Waals surface area contributed by atoms with Crippen molar-refractivity contribution in [1.82, 2.24) is 0 Å². The van der Waals surface area contributed by atoms with E-state index in [4.69, 9.17) is 13.9 Å². The molecule has 2 N–H and O–H groups in total. The van der Waals surface area contributed by atoms with E-state index >= 15 is 0 Å². The van der Waals surface area contributed by atoms with Crippen LogP contribution in [-0.4, -0.2) is 25.5 Å². The smallest absolute Gasteiger partial charge is 0.291 e. The zero-order valence-corrected chi connectivity index (χ0v) is 16.5. The summed E-state index contributed by atoms with van der Waals surface area (Å²) >= 11 is 3.34. The van der Waals surface area contributed by atoms with Gasteiger partial charge in [0.25, 0.3) is 11.8 Å². The maximum Gasteiger partial charge on any atom is 0.291 e. The highest BCUT2D eigenvalue weighted by Gasteiger charge is 2.14. The van der Waals surface area contributed by atoms with Crippen molar-refractivity contribution >= 4 is 39.1 Å². The standard InChI is InChI=1S/C20H17BrN2O5/c1-26-15-8-9-16(23-20(25)18-3-2-10-27-18)17(11-15)22-19(24)12-28-14-6-4-13(21)5-7-14/h2-11H,12H2,1H3,(H,22,24)(H,23,25). The number of furan rings is 1. The number of anilines is 2. The summed E-state index contributed by atoms with van der Waals surface area (Å²) in [6.45, 7) is -0.190. The number of rotatable bonds is 7. The minimum Gasteiger partial charge on any atom is -0.497 e. The van der Waals surface area contributed by atoms with Gasteiger partial charge in [0.1, 0.15) is 11.5 Å². The monoisotopic (exact) mass is 444 g/mol. The molecular formula is C20H17BrN2O5. The third-order valence-corrected chi connectivity index (χ3v) is 4.21. The number of methoxy groups -OCH3 is 1. The van der Waals surface area contributed by atoms with Gasteiger partial charge in [-0.05, 0) is 48.5 Å². The number of hydrogen-bond donors (Lipinski definition) is 2. The van der Waals surface area contributed by atoms with Gasteiger partial charge in [0.15, 0.2) is 12.4 Å². The van der Waals surface area contributed by atoms with E-state index in [1.165, 1.54) is 13.4 Å². The van der Waals surface area contributed by atoms with E-state index in [-0.39, 0.29) is 18.3 Å². The molecule has 0 saturated carbocycles. The van der Waals surface area contributed by atoms with Gasteiger partial charge in [-0.3, -0.25) is 9.59 Å². The van der Waals surface area contributed by atoms with Crippen LogP contribution in [0.1, 0.15) is 10.6 Å². The predicted molar refractivity (Wildman–Crippen MR) is 108 cm³/mol. The Labute approximate surface area is 169 Å². The molecule has 0 saturated heterocycles. The summed E-state index contributed by atoms with van der Waals surface area (Å²) in [6, 6.07) is 15.2. The molecule has 0 aliphatic heterocycles. The highest BCUT2D eigenvalue weighted by molar-refractivity contribution is 9.10. The summed E-state index contributed by atoms with van der Waals surface area (Å²) < 4.78 is 16.7. The lowest BCUT2D eigenvalue weighted by Gasteiger charge is -2.14. The highest BCUT2D eigenvalue weighted by atomic mass is 79.9. The Hall–Kier alpha value is -3.26. The Balaban J connectivity index is 1.69. The Morgan fingerprint density at radius 3 is 2.43 bits per heavy atom. The second-order valence-corrected chi connectivity index (χ2v) is 6.55. The summed E-state index contributed by atoms with van der Waals surface area (Å²) in [5.41, 5.74) is 0.780. The molecule has 2 amide bonds. The third kappa shape index (κ3) is 5.14. The molecule has 2 aromatic carbocycles. The van der Waals surface area contributed by atoms with Crippen LogP contribution in [0.5, 0.6) is 11.5 Å². The van der Waals surface area contributed by atoms with Gasteiger partial charge < -0.3 is 24.5 Å². The second kappa shape index (κ2) is 9.09. The van der Waals surface area contributed by atoms with Gasteiger partial charge in [-0.15, -0.1) is 0 Å². The predicted octanol–water partition coefficient (Wildman–Crippen LogP) is 4.32. The molecule has 0 unspecified atom stereocenters. The molecule has 144 valence electrons. The molecule has 0 atom stereocenters. The first-order valence-electron chi connectivity index (χ1n) is 8.26. The summed E-state index contributed by atoms with van der Waals surface area (Å²) in [6.07, 6.45) is 1.41. The Morgan fingerprint density at radius 1 is 1.00 bits per heavy atom. The van der Waals surface area contributed by atoms with E-state index < -0.39 is 5.91 Å². The van der Waals surface area contributed by atoms with Gasteiger partial charge >= 0.3 is 0 Å². The van der Waals surface area contributed by atoms with Crippen molar-refractivity contribution in [2.75, 3.05) is 24.4 Å². The lowest BCUT2D eigenvalue weighted by atomic mass is 10.2. The van der Waals surface area contributed by atoms with E-state index in [9.17, 15) is 9.59 Å². The number of nitrogens with one attached hydrogen (secondary N) is 2. The molecule has 0 fully saturated rings. The van der Waals surface area contributed by atoms with Gasteiger partial charge in [0, 0.05) is 10.5 Å². The summed E-state index contributed by atoms with van der Waals surface area (Å²) in [5, 5.41) is 5.42. The van der Waals surface area contributed by atoms with E-state index in [1.54, 1.807) is 42.5 Å². The number of hydrogen-bond acceptors (Lipinski definition) is 5. The van der Waals surface area contributed by atoms with E-state index in [0.29, 0.717) is 22.9 Å². The molecule has 1 aromatic heterocycles. The average molecular weight is 445 g/mol. The zero-order chi connectivity index (χ0) is 19.9. The first-order valence-corrected chi connectivity index (χ1v) is 9.05. The van der Waals surface area contributed by atoms with E-state index in [2.05, 4.69) is 26.6 Å². The fourth-order valence-corrected chi connectivity index (χ4v) is 2.58. The SMILES string of the molecule is COc1ccc(NC(=O)c2ccco2)c(NC(=O)COc2ccc(Br)cc2)c1.